The summed E-state index contributed by atoms with van der Waals surface area (Å²) in [5.74, 6) is 2.40. The first-order valence-electron chi connectivity index (χ1n) is 13.2. The maximum atomic E-state index is 10.9. The highest BCUT2D eigenvalue weighted by Crippen LogP contribution is 2.33. The summed E-state index contributed by atoms with van der Waals surface area (Å²) in [7, 11) is 0. The van der Waals surface area contributed by atoms with Crippen molar-refractivity contribution in [1.29, 1.82) is 5.26 Å². The molecule has 0 unspecified atom stereocenters. The van der Waals surface area contributed by atoms with Gasteiger partial charge in [0.25, 0.3) is 5.69 Å². The van der Waals surface area contributed by atoms with E-state index in [-0.39, 0.29) is 12.3 Å². The van der Waals surface area contributed by atoms with Gasteiger partial charge in [-0.2, -0.15) is 5.26 Å². The fraction of sp³-hybridized carbons (Fsp3) is 0.182. The molecule has 0 atom stereocenters. The van der Waals surface area contributed by atoms with Crippen molar-refractivity contribution in [2.45, 2.75) is 27.1 Å². The Labute approximate surface area is 239 Å². The first kappa shape index (κ1) is 28.7. The van der Waals surface area contributed by atoms with Crippen molar-refractivity contribution in [2.75, 3.05) is 13.2 Å². The molecule has 0 fully saturated rings. The highest BCUT2D eigenvalue weighted by atomic mass is 16.6. The lowest BCUT2D eigenvalue weighted by atomic mass is 10.0. The Balaban J connectivity index is 1.49. The number of nitriles is 1. The highest BCUT2D eigenvalue weighted by molar-refractivity contribution is 5.90. The molecule has 0 aromatic heterocycles. The second-order valence-electron chi connectivity index (χ2n) is 8.89. The molecule has 4 rings (SSSR count). The van der Waals surface area contributed by atoms with Crippen LogP contribution in [0.4, 0.5) is 5.69 Å². The van der Waals surface area contributed by atoms with Crippen LogP contribution >= 0.6 is 0 Å². The van der Waals surface area contributed by atoms with Gasteiger partial charge in [-0.3, -0.25) is 10.1 Å². The zero-order chi connectivity index (χ0) is 29.0. The van der Waals surface area contributed by atoms with E-state index in [0.717, 1.165) is 16.7 Å². The summed E-state index contributed by atoms with van der Waals surface area (Å²) in [5, 5.41) is 20.6. The van der Waals surface area contributed by atoms with Crippen molar-refractivity contribution >= 4 is 17.3 Å². The van der Waals surface area contributed by atoms with Gasteiger partial charge < -0.3 is 18.9 Å². The van der Waals surface area contributed by atoms with E-state index in [1.807, 2.05) is 68.4 Å². The minimum Gasteiger partial charge on any atom is -0.490 e. The molecule has 0 N–H and O–H groups in total. The molecule has 0 aliphatic rings. The van der Waals surface area contributed by atoms with Crippen LogP contribution in [0.2, 0.25) is 0 Å². The normalized spacial score (nSPS) is 10.9. The van der Waals surface area contributed by atoms with E-state index in [1.54, 1.807) is 30.3 Å². The van der Waals surface area contributed by atoms with Gasteiger partial charge in [0.1, 0.15) is 13.2 Å². The second-order valence-corrected chi connectivity index (χ2v) is 8.89. The van der Waals surface area contributed by atoms with Crippen LogP contribution in [0, 0.1) is 21.4 Å². The molecule has 0 saturated carbocycles. The molecule has 0 bridgehead atoms. The smallest absolute Gasteiger partial charge is 0.269 e. The second kappa shape index (κ2) is 14.2. The van der Waals surface area contributed by atoms with Crippen molar-refractivity contribution in [2.24, 2.45) is 0 Å². The molecule has 0 heterocycles. The first-order chi connectivity index (χ1) is 20.0. The van der Waals surface area contributed by atoms with Crippen LogP contribution in [0.3, 0.4) is 0 Å². The fourth-order valence-electron chi connectivity index (χ4n) is 4.04. The van der Waals surface area contributed by atoms with Gasteiger partial charge >= 0.3 is 0 Å². The maximum absolute atomic E-state index is 10.9. The lowest BCUT2D eigenvalue weighted by Crippen LogP contribution is -2.03. The Morgan fingerprint density at radius 2 is 1.37 bits per heavy atom. The molecule has 0 spiro atoms. The summed E-state index contributed by atoms with van der Waals surface area (Å²) in [6.07, 6.45) is 1.70. The molecule has 0 aliphatic heterocycles. The van der Waals surface area contributed by atoms with Gasteiger partial charge in [0.2, 0.25) is 0 Å². The lowest BCUT2D eigenvalue weighted by molar-refractivity contribution is -0.384. The van der Waals surface area contributed by atoms with Gasteiger partial charge in [-0.1, -0.05) is 42.5 Å². The Hall–Kier alpha value is -5.29. The van der Waals surface area contributed by atoms with E-state index >= 15 is 0 Å². The Morgan fingerprint density at radius 1 is 0.756 bits per heavy atom. The monoisotopic (exact) mass is 550 g/mol. The van der Waals surface area contributed by atoms with Crippen LogP contribution < -0.4 is 18.9 Å². The fourth-order valence-corrected chi connectivity index (χ4v) is 4.04. The van der Waals surface area contributed by atoms with Crippen LogP contribution in [-0.2, 0) is 13.2 Å². The third-order valence-corrected chi connectivity index (χ3v) is 6.03. The molecule has 8 nitrogen and oxygen atoms in total. The number of rotatable bonds is 13. The lowest BCUT2D eigenvalue weighted by Gasteiger charge is -2.15. The largest absolute Gasteiger partial charge is 0.490 e. The standard InChI is InChI=1S/C33H30N2O6/c1-3-38-32-19-25(18-28(21-34)27-12-14-29(15-13-27)35(36)37)10-16-30(32)41-23-26-11-17-31(33(20-26)39-4-2)40-22-24-8-6-5-7-9-24/h5-20H,3-4,22-23H2,1-2H3/b28-18+. The summed E-state index contributed by atoms with van der Waals surface area (Å²) < 4.78 is 23.8. The molecule has 4 aromatic rings. The van der Waals surface area contributed by atoms with E-state index < -0.39 is 4.92 Å². The number of allylic oxidation sites excluding steroid dienone is 1. The third-order valence-electron chi connectivity index (χ3n) is 6.03. The molecule has 0 saturated heterocycles. The predicted molar refractivity (Wildman–Crippen MR) is 157 cm³/mol. The number of hydrogen-bond acceptors (Lipinski definition) is 7. The Kier molecular flexibility index (Phi) is 9.94. The average Bonchev–Trinajstić information content (AvgIpc) is 3.00. The number of hydrogen-bond donors (Lipinski definition) is 0. The van der Waals surface area contributed by atoms with Crippen LogP contribution in [0.1, 0.15) is 36.1 Å². The minimum atomic E-state index is -0.474. The first-order valence-corrected chi connectivity index (χ1v) is 13.2. The van der Waals surface area contributed by atoms with E-state index in [1.165, 1.54) is 12.1 Å². The topological polar surface area (TPSA) is 104 Å². The Morgan fingerprint density at radius 3 is 1.98 bits per heavy atom. The van der Waals surface area contributed by atoms with Crippen molar-refractivity contribution in [3.63, 3.8) is 0 Å². The van der Waals surface area contributed by atoms with Gasteiger partial charge in [0, 0.05) is 12.1 Å². The van der Waals surface area contributed by atoms with E-state index in [2.05, 4.69) is 6.07 Å². The van der Waals surface area contributed by atoms with Crippen LogP contribution in [-0.4, -0.2) is 18.1 Å². The predicted octanol–water partition coefficient (Wildman–Crippen LogP) is 7.61. The quantitative estimate of drug-likeness (QED) is 0.0730. The minimum absolute atomic E-state index is 0.0334. The van der Waals surface area contributed by atoms with Gasteiger partial charge in [-0.05, 0) is 78.6 Å². The molecule has 0 radical (unpaired) electrons. The maximum Gasteiger partial charge on any atom is 0.269 e. The average molecular weight is 551 g/mol. The molecule has 0 aliphatic carbocycles. The summed E-state index contributed by atoms with van der Waals surface area (Å²) >= 11 is 0. The van der Waals surface area contributed by atoms with Crippen LogP contribution in [0.25, 0.3) is 11.6 Å². The van der Waals surface area contributed by atoms with E-state index in [9.17, 15) is 15.4 Å². The zero-order valence-corrected chi connectivity index (χ0v) is 22.9. The van der Waals surface area contributed by atoms with Gasteiger partial charge in [-0.25, -0.2) is 0 Å². The van der Waals surface area contributed by atoms with Gasteiger partial charge in [-0.15, -0.1) is 0 Å². The third kappa shape index (κ3) is 7.87. The van der Waals surface area contributed by atoms with Gasteiger partial charge in [0.15, 0.2) is 23.0 Å². The molecule has 41 heavy (non-hydrogen) atoms. The summed E-state index contributed by atoms with van der Waals surface area (Å²) in [6.45, 7) is 5.45. The molecular weight excluding hydrogens is 520 g/mol. The van der Waals surface area contributed by atoms with Gasteiger partial charge in [0.05, 0.1) is 29.8 Å². The van der Waals surface area contributed by atoms with Crippen LogP contribution in [0.15, 0.2) is 91.0 Å². The highest BCUT2D eigenvalue weighted by Gasteiger charge is 2.12. The van der Waals surface area contributed by atoms with Crippen molar-refractivity contribution in [3.8, 4) is 29.1 Å². The molecule has 0 amide bonds. The number of non-ortho nitro benzene ring substituents is 1. The van der Waals surface area contributed by atoms with Crippen molar-refractivity contribution < 1.29 is 23.9 Å². The number of ether oxygens (including phenoxy) is 4. The molecule has 4 aromatic carbocycles. The summed E-state index contributed by atoms with van der Waals surface area (Å²) in [5.41, 5.74) is 3.62. The molecule has 208 valence electrons. The number of nitro groups is 1. The zero-order valence-electron chi connectivity index (χ0n) is 22.9. The number of benzene rings is 4. The van der Waals surface area contributed by atoms with E-state index in [0.29, 0.717) is 54.0 Å². The van der Waals surface area contributed by atoms with Crippen LogP contribution in [0.5, 0.6) is 23.0 Å². The molecule has 8 heteroatoms. The van der Waals surface area contributed by atoms with Crippen molar-refractivity contribution in [3.05, 3.63) is 123 Å². The summed E-state index contributed by atoms with van der Waals surface area (Å²) in [4.78, 5) is 10.5. The number of nitrogens with zero attached hydrogens (tertiary/aromatic N) is 2. The SMILES string of the molecule is CCOc1cc(/C=C(\C#N)c2ccc([N+](=O)[O-])cc2)ccc1OCc1ccc(OCc2ccccc2)c(OCC)c1. The summed E-state index contributed by atoms with van der Waals surface area (Å²) in [6, 6.07) is 29.1. The molecular formula is C33H30N2O6. The number of nitro benzene ring substituents is 1. The van der Waals surface area contributed by atoms with E-state index in [4.69, 9.17) is 18.9 Å². The van der Waals surface area contributed by atoms with Crippen molar-refractivity contribution in [1.82, 2.24) is 0 Å². The Bertz CT molecular complexity index is 1540.